The number of hydrogen-bond acceptors (Lipinski definition) is 4. The molecular weight excluding hydrogens is 197 g/mol. The molecule has 0 aliphatic heterocycles. The summed E-state index contributed by atoms with van der Waals surface area (Å²) in [5.41, 5.74) is 5.67. The number of nitrogens with zero attached hydrogens (tertiary/aromatic N) is 2. The molecule has 4 nitrogen and oxygen atoms in total. The molecule has 5 heteroatoms. The largest absolute Gasteiger partial charge is 0.339 e. The zero-order valence-corrected chi connectivity index (χ0v) is 7.98. The van der Waals surface area contributed by atoms with E-state index in [1.165, 1.54) is 6.07 Å². The van der Waals surface area contributed by atoms with Crippen LogP contribution in [-0.2, 0) is 6.42 Å². The van der Waals surface area contributed by atoms with Gasteiger partial charge in [0.25, 0.3) is 0 Å². The highest BCUT2D eigenvalue weighted by Crippen LogP contribution is 2.18. The Morgan fingerprint density at radius 2 is 2.13 bits per heavy atom. The third kappa shape index (κ3) is 2.02. The summed E-state index contributed by atoms with van der Waals surface area (Å²) in [4.78, 5) is 4.03. The van der Waals surface area contributed by atoms with Crippen LogP contribution in [0.15, 0.2) is 28.8 Å². The van der Waals surface area contributed by atoms with Crippen molar-refractivity contribution in [2.75, 3.05) is 6.54 Å². The van der Waals surface area contributed by atoms with Crippen LogP contribution in [0.2, 0.25) is 0 Å². The molecule has 2 rings (SSSR count). The Bertz CT molecular complexity index is 455. The van der Waals surface area contributed by atoms with Crippen molar-refractivity contribution in [3.05, 3.63) is 36.0 Å². The molecule has 0 unspecified atom stereocenters. The van der Waals surface area contributed by atoms with Gasteiger partial charge in [0.1, 0.15) is 5.82 Å². The molecule has 1 aromatic heterocycles. The first-order chi connectivity index (χ1) is 7.31. The van der Waals surface area contributed by atoms with Crippen molar-refractivity contribution in [1.82, 2.24) is 10.1 Å². The van der Waals surface area contributed by atoms with Crippen molar-refractivity contribution >= 4 is 0 Å². The number of halogens is 1. The minimum Gasteiger partial charge on any atom is -0.339 e. The average Bonchev–Trinajstić information content (AvgIpc) is 2.68. The highest BCUT2D eigenvalue weighted by molar-refractivity contribution is 5.54. The summed E-state index contributed by atoms with van der Waals surface area (Å²) in [6.45, 7) is 0.429. The van der Waals surface area contributed by atoms with Crippen LogP contribution in [0.3, 0.4) is 0 Å². The van der Waals surface area contributed by atoms with Gasteiger partial charge >= 0.3 is 0 Å². The molecule has 0 atom stereocenters. The Morgan fingerprint density at radius 3 is 2.87 bits per heavy atom. The normalized spacial score (nSPS) is 10.5. The van der Waals surface area contributed by atoms with Gasteiger partial charge in [-0.3, -0.25) is 0 Å². The molecule has 0 aliphatic rings. The number of benzene rings is 1. The highest BCUT2D eigenvalue weighted by atomic mass is 19.1. The average molecular weight is 207 g/mol. The molecule has 78 valence electrons. The van der Waals surface area contributed by atoms with Crippen LogP contribution in [0.5, 0.6) is 0 Å². The highest BCUT2D eigenvalue weighted by Gasteiger charge is 2.11. The van der Waals surface area contributed by atoms with E-state index in [1.807, 2.05) is 0 Å². The first kappa shape index (κ1) is 9.79. The van der Waals surface area contributed by atoms with Crippen molar-refractivity contribution in [2.24, 2.45) is 5.73 Å². The molecular formula is C10H10FN3O. The van der Waals surface area contributed by atoms with Crippen molar-refractivity contribution in [3.63, 3.8) is 0 Å². The Hall–Kier alpha value is -1.75. The van der Waals surface area contributed by atoms with Crippen LogP contribution in [0.1, 0.15) is 5.89 Å². The van der Waals surface area contributed by atoms with Crippen LogP contribution in [-0.4, -0.2) is 16.7 Å². The summed E-state index contributed by atoms with van der Waals surface area (Å²) in [5, 5.41) is 3.68. The van der Waals surface area contributed by atoms with E-state index in [2.05, 4.69) is 10.1 Å². The van der Waals surface area contributed by atoms with Gasteiger partial charge < -0.3 is 10.3 Å². The van der Waals surface area contributed by atoms with E-state index >= 15 is 0 Å². The van der Waals surface area contributed by atoms with Crippen molar-refractivity contribution in [3.8, 4) is 11.4 Å². The van der Waals surface area contributed by atoms with E-state index in [0.29, 0.717) is 24.4 Å². The standard InChI is InChI=1S/C10H10FN3O/c11-8-4-2-1-3-7(8)10-13-9(5-6-12)15-14-10/h1-4H,5-6,12H2. The Balaban J connectivity index is 2.33. The zero-order chi connectivity index (χ0) is 10.7. The fourth-order valence-electron chi connectivity index (χ4n) is 1.23. The molecule has 0 amide bonds. The summed E-state index contributed by atoms with van der Waals surface area (Å²) in [6, 6.07) is 6.29. The van der Waals surface area contributed by atoms with Gasteiger partial charge in [-0.05, 0) is 12.1 Å². The van der Waals surface area contributed by atoms with Crippen LogP contribution in [0.25, 0.3) is 11.4 Å². The predicted molar refractivity (Wildman–Crippen MR) is 52.5 cm³/mol. The third-order valence-corrected chi connectivity index (χ3v) is 1.94. The molecule has 0 fully saturated rings. The second-order valence-corrected chi connectivity index (χ2v) is 3.03. The fraction of sp³-hybridized carbons (Fsp3) is 0.200. The maximum atomic E-state index is 13.3. The van der Waals surface area contributed by atoms with Crippen LogP contribution >= 0.6 is 0 Å². The molecule has 1 heterocycles. The second kappa shape index (κ2) is 4.18. The van der Waals surface area contributed by atoms with E-state index in [-0.39, 0.29) is 11.6 Å². The quantitative estimate of drug-likeness (QED) is 0.825. The lowest BCUT2D eigenvalue weighted by molar-refractivity contribution is 0.380. The van der Waals surface area contributed by atoms with E-state index in [9.17, 15) is 4.39 Å². The first-order valence-corrected chi connectivity index (χ1v) is 4.59. The first-order valence-electron chi connectivity index (χ1n) is 4.59. The van der Waals surface area contributed by atoms with Gasteiger partial charge in [-0.15, -0.1) is 0 Å². The fourth-order valence-corrected chi connectivity index (χ4v) is 1.23. The lowest BCUT2D eigenvalue weighted by atomic mass is 10.2. The number of hydrogen-bond donors (Lipinski definition) is 1. The van der Waals surface area contributed by atoms with E-state index in [0.717, 1.165) is 0 Å². The minimum absolute atomic E-state index is 0.261. The molecule has 1 aromatic carbocycles. The van der Waals surface area contributed by atoms with Crippen LogP contribution in [0.4, 0.5) is 4.39 Å². The Morgan fingerprint density at radius 1 is 1.33 bits per heavy atom. The molecule has 0 aliphatic carbocycles. The molecule has 0 radical (unpaired) electrons. The van der Waals surface area contributed by atoms with Gasteiger partial charge in [0.05, 0.1) is 5.56 Å². The maximum Gasteiger partial charge on any atom is 0.228 e. The summed E-state index contributed by atoms with van der Waals surface area (Å²) < 4.78 is 18.2. The zero-order valence-electron chi connectivity index (χ0n) is 7.98. The summed E-state index contributed by atoms with van der Waals surface area (Å²) in [7, 11) is 0. The van der Waals surface area contributed by atoms with Crippen molar-refractivity contribution in [1.29, 1.82) is 0 Å². The number of rotatable bonds is 3. The third-order valence-electron chi connectivity index (χ3n) is 1.94. The molecule has 2 N–H and O–H groups in total. The Labute approximate surface area is 85.9 Å². The van der Waals surface area contributed by atoms with Crippen molar-refractivity contribution in [2.45, 2.75) is 6.42 Å². The molecule has 0 bridgehead atoms. The van der Waals surface area contributed by atoms with Crippen LogP contribution < -0.4 is 5.73 Å². The van der Waals surface area contributed by atoms with Crippen molar-refractivity contribution < 1.29 is 8.91 Å². The van der Waals surface area contributed by atoms with Gasteiger partial charge in [0.2, 0.25) is 11.7 Å². The molecule has 15 heavy (non-hydrogen) atoms. The Kier molecular flexibility index (Phi) is 2.73. The van der Waals surface area contributed by atoms with Gasteiger partial charge in [0, 0.05) is 13.0 Å². The number of aromatic nitrogens is 2. The lowest BCUT2D eigenvalue weighted by Crippen LogP contribution is -2.02. The van der Waals surface area contributed by atoms with Gasteiger partial charge in [0.15, 0.2) is 0 Å². The SMILES string of the molecule is NCCc1nc(-c2ccccc2F)no1. The summed E-state index contributed by atoms with van der Waals surface area (Å²) in [5.74, 6) is 0.324. The van der Waals surface area contributed by atoms with Crippen LogP contribution in [0, 0.1) is 5.82 Å². The van der Waals surface area contributed by atoms with Gasteiger partial charge in [-0.1, -0.05) is 17.3 Å². The summed E-state index contributed by atoms with van der Waals surface area (Å²) >= 11 is 0. The molecule has 0 spiro atoms. The maximum absolute atomic E-state index is 13.3. The lowest BCUT2D eigenvalue weighted by Gasteiger charge is -1.94. The summed E-state index contributed by atoms with van der Waals surface area (Å²) in [6.07, 6.45) is 0.501. The van der Waals surface area contributed by atoms with Gasteiger partial charge in [-0.2, -0.15) is 4.98 Å². The van der Waals surface area contributed by atoms with E-state index < -0.39 is 0 Å². The minimum atomic E-state index is -0.363. The second-order valence-electron chi connectivity index (χ2n) is 3.03. The smallest absolute Gasteiger partial charge is 0.228 e. The van der Waals surface area contributed by atoms with E-state index in [1.54, 1.807) is 18.2 Å². The van der Waals surface area contributed by atoms with E-state index in [4.69, 9.17) is 10.3 Å². The topological polar surface area (TPSA) is 64.9 Å². The number of nitrogens with two attached hydrogens (primary N) is 1. The molecule has 0 saturated heterocycles. The van der Waals surface area contributed by atoms with Gasteiger partial charge in [-0.25, -0.2) is 4.39 Å². The predicted octanol–water partition coefficient (Wildman–Crippen LogP) is 1.38. The molecule has 0 saturated carbocycles. The monoisotopic (exact) mass is 207 g/mol. The molecule has 2 aromatic rings.